The number of carbonyl (C=O) groups excluding carboxylic acids is 1. The summed E-state index contributed by atoms with van der Waals surface area (Å²) in [7, 11) is 1.67. The third-order valence-corrected chi connectivity index (χ3v) is 5.24. The minimum absolute atomic E-state index is 0.0723. The summed E-state index contributed by atoms with van der Waals surface area (Å²) in [4.78, 5) is 11.3. The van der Waals surface area contributed by atoms with Gasteiger partial charge in [-0.05, 0) is 24.6 Å². The second kappa shape index (κ2) is 7.79. The molecule has 5 nitrogen and oxygen atoms in total. The van der Waals surface area contributed by atoms with Crippen molar-refractivity contribution in [1.82, 2.24) is 0 Å². The van der Waals surface area contributed by atoms with Crippen molar-refractivity contribution in [3.05, 3.63) is 53.6 Å². The number of hydrogen-bond donors (Lipinski definition) is 1. The Morgan fingerprint density at radius 3 is 2.77 bits per heavy atom. The van der Waals surface area contributed by atoms with E-state index in [2.05, 4.69) is 13.0 Å². The van der Waals surface area contributed by atoms with Crippen molar-refractivity contribution in [3.8, 4) is 17.2 Å². The zero-order valence-corrected chi connectivity index (χ0v) is 15.1. The summed E-state index contributed by atoms with van der Waals surface area (Å²) in [5.74, 6) is 1.33. The van der Waals surface area contributed by atoms with Crippen molar-refractivity contribution in [2.75, 3.05) is 26.9 Å². The lowest BCUT2D eigenvalue weighted by molar-refractivity contribution is -0.0145. The molecule has 0 bridgehead atoms. The molecule has 1 N–H and O–H groups in total. The van der Waals surface area contributed by atoms with Crippen molar-refractivity contribution < 1.29 is 24.1 Å². The highest BCUT2D eigenvalue weighted by Gasteiger charge is 2.41. The molecule has 0 amide bonds. The van der Waals surface area contributed by atoms with Gasteiger partial charge in [0.15, 0.2) is 6.29 Å². The van der Waals surface area contributed by atoms with Crippen molar-refractivity contribution >= 4 is 6.29 Å². The van der Waals surface area contributed by atoms with E-state index in [9.17, 15) is 9.90 Å². The Labute approximate surface area is 153 Å². The number of carbonyl (C=O) groups is 1. The first-order valence-corrected chi connectivity index (χ1v) is 8.71. The van der Waals surface area contributed by atoms with E-state index in [0.29, 0.717) is 31.9 Å². The number of rotatable bonds is 6. The molecule has 2 atom stereocenters. The zero-order valence-electron chi connectivity index (χ0n) is 15.1. The van der Waals surface area contributed by atoms with Crippen LogP contribution in [0, 0.1) is 5.92 Å². The van der Waals surface area contributed by atoms with Crippen LogP contribution in [0.3, 0.4) is 0 Å². The van der Waals surface area contributed by atoms with E-state index in [4.69, 9.17) is 14.2 Å². The standard InChI is InChI=1S/C21H24O5/c1-21(17-6-3-4-8-20(17)24-2)14-25-11-10-15(21)13-26-19-9-5-7-18(23)16(19)12-22/h3-9,12,15,23H,10-11,13-14H2,1-2H3. The van der Waals surface area contributed by atoms with E-state index in [-0.39, 0.29) is 22.6 Å². The molecule has 0 radical (unpaired) electrons. The van der Waals surface area contributed by atoms with Gasteiger partial charge in [0.1, 0.15) is 17.2 Å². The van der Waals surface area contributed by atoms with E-state index < -0.39 is 0 Å². The Balaban J connectivity index is 1.86. The lowest BCUT2D eigenvalue weighted by Gasteiger charge is -2.42. The minimum atomic E-state index is -0.275. The third-order valence-electron chi connectivity index (χ3n) is 5.24. The number of phenolic OH excluding ortho intramolecular Hbond substituents is 1. The number of ether oxygens (including phenoxy) is 3. The quantitative estimate of drug-likeness (QED) is 0.802. The summed E-state index contributed by atoms with van der Waals surface area (Å²) in [6.45, 7) is 3.81. The average molecular weight is 356 g/mol. The number of methoxy groups -OCH3 is 1. The highest BCUT2D eigenvalue weighted by atomic mass is 16.5. The van der Waals surface area contributed by atoms with E-state index in [1.165, 1.54) is 6.07 Å². The summed E-state index contributed by atoms with van der Waals surface area (Å²) in [5, 5.41) is 9.83. The summed E-state index contributed by atoms with van der Waals surface area (Å²) in [6, 6.07) is 12.8. The fourth-order valence-corrected chi connectivity index (χ4v) is 3.59. The van der Waals surface area contributed by atoms with Crippen LogP contribution in [0.1, 0.15) is 29.3 Å². The number of para-hydroxylation sites is 1. The SMILES string of the molecule is COc1ccccc1C1(C)COCCC1COc1cccc(O)c1C=O. The Morgan fingerprint density at radius 1 is 1.23 bits per heavy atom. The Kier molecular flexibility index (Phi) is 5.47. The smallest absolute Gasteiger partial charge is 0.157 e. The molecule has 26 heavy (non-hydrogen) atoms. The van der Waals surface area contributed by atoms with Crippen LogP contribution in [0.4, 0.5) is 0 Å². The molecule has 3 rings (SSSR count). The van der Waals surface area contributed by atoms with E-state index >= 15 is 0 Å². The van der Waals surface area contributed by atoms with Crippen molar-refractivity contribution in [1.29, 1.82) is 0 Å². The molecule has 1 fully saturated rings. The Bertz CT molecular complexity index is 773. The fraction of sp³-hybridized carbons (Fsp3) is 0.381. The van der Waals surface area contributed by atoms with Gasteiger partial charge in [0, 0.05) is 23.5 Å². The molecule has 2 aromatic carbocycles. The van der Waals surface area contributed by atoms with Gasteiger partial charge in [0.05, 0.1) is 25.9 Å². The molecule has 5 heteroatoms. The Hall–Kier alpha value is -2.53. The first kappa shape index (κ1) is 18.3. The summed E-state index contributed by atoms with van der Waals surface area (Å²) < 4.78 is 17.3. The van der Waals surface area contributed by atoms with Crippen molar-refractivity contribution in [2.24, 2.45) is 5.92 Å². The van der Waals surface area contributed by atoms with Crippen LogP contribution in [-0.2, 0) is 10.2 Å². The van der Waals surface area contributed by atoms with Gasteiger partial charge in [-0.15, -0.1) is 0 Å². The van der Waals surface area contributed by atoms with Gasteiger partial charge in [-0.1, -0.05) is 31.2 Å². The van der Waals surface area contributed by atoms with Crippen LogP contribution < -0.4 is 9.47 Å². The van der Waals surface area contributed by atoms with Crippen LogP contribution in [-0.4, -0.2) is 38.3 Å². The molecule has 0 aromatic heterocycles. The summed E-state index contributed by atoms with van der Waals surface area (Å²) >= 11 is 0. The fourth-order valence-electron chi connectivity index (χ4n) is 3.59. The van der Waals surface area contributed by atoms with Gasteiger partial charge < -0.3 is 19.3 Å². The van der Waals surface area contributed by atoms with Crippen LogP contribution in [0.2, 0.25) is 0 Å². The minimum Gasteiger partial charge on any atom is -0.507 e. The normalized spacial score (nSPS) is 22.6. The maximum Gasteiger partial charge on any atom is 0.157 e. The number of hydrogen-bond acceptors (Lipinski definition) is 5. The second-order valence-corrected chi connectivity index (χ2v) is 6.77. The molecule has 138 valence electrons. The van der Waals surface area contributed by atoms with Crippen LogP contribution in [0.25, 0.3) is 0 Å². The molecule has 0 aliphatic carbocycles. The summed E-state index contributed by atoms with van der Waals surface area (Å²) in [5.41, 5.74) is 0.990. The predicted molar refractivity (Wildman–Crippen MR) is 98.3 cm³/mol. The molecular formula is C21H24O5. The van der Waals surface area contributed by atoms with Gasteiger partial charge in [0.25, 0.3) is 0 Å². The zero-order chi connectivity index (χ0) is 18.6. The largest absolute Gasteiger partial charge is 0.507 e. The molecule has 1 aliphatic heterocycles. The topological polar surface area (TPSA) is 65.0 Å². The highest BCUT2D eigenvalue weighted by molar-refractivity contribution is 5.83. The number of aldehydes is 1. The monoisotopic (exact) mass is 356 g/mol. The molecule has 0 spiro atoms. The third kappa shape index (κ3) is 3.40. The molecular weight excluding hydrogens is 332 g/mol. The first-order valence-electron chi connectivity index (χ1n) is 8.71. The van der Waals surface area contributed by atoms with E-state index in [1.807, 2.05) is 18.2 Å². The lowest BCUT2D eigenvalue weighted by Crippen LogP contribution is -2.44. The van der Waals surface area contributed by atoms with Gasteiger partial charge >= 0.3 is 0 Å². The van der Waals surface area contributed by atoms with E-state index in [1.54, 1.807) is 19.2 Å². The molecule has 2 unspecified atom stereocenters. The molecule has 1 heterocycles. The van der Waals surface area contributed by atoms with Gasteiger partial charge in [-0.2, -0.15) is 0 Å². The van der Waals surface area contributed by atoms with Crippen LogP contribution in [0.15, 0.2) is 42.5 Å². The van der Waals surface area contributed by atoms with Crippen molar-refractivity contribution in [3.63, 3.8) is 0 Å². The lowest BCUT2D eigenvalue weighted by atomic mass is 9.70. The molecule has 1 aliphatic rings. The van der Waals surface area contributed by atoms with Crippen LogP contribution in [0.5, 0.6) is 17.2 Å². The number of phenols is 1. The van der Waals surface area contributed by atoms with Gasteiger partial charge in [-0.25, -0.2) is 0 Å². The number of aromatic hydroxyl groups is 1. The Morgan fingerprint density at radius 2 is 2.00 bits per heavy atom. The first-order chi connectivity index (χ1) is 12.6. The van der Waals surface area contributed by atoms with Crippen molar-refractivity contribution in [2.45, 2.75) is 18.8 Å². The van der Waals surface area contributed by atoms with Gasteiger partial charge in [-0.3, -0.25) is 4.79 Å². The summed E-state index contributed by atoms with van der Waals surface area (Å²) in [6.07, 6.45) is 1.46. The maximum absolute atomic E-state index is 11.3. The second-order valence-electron chi connectivity index (χ2n) is 6.77. The van der Waals surface area contributed by atoms with E-state index in [0.717, 1.165) is 17.7 Å². The number of benzene rings is 2. The predicted octanol–water partition coefficient (Wildman–Crippen LogP) is 3.59. The molecule has 0 saturated carbocycles. The van der Waals surface area contributed by atoms with Crippen LogP contribution >= 0.6 is 0 Å². The molecule has 2 aromatic rings. The van der Waals surface area contributed by atoms with Gasteiger partial charge in [0.2, 0.25) is 0 Å². The highest BCUT2D eigenvalue weighted by Crippen LogP contribution is 2.42. The molecule has 1 saturated heterocycles. The average Bonchev–Trinajstić information content (AvgIpc) is 2.67. The maximum atomic E-state index is 11.3.